The number of likely N-dealkylation sites (tertiary alicyclic amines) is 1. The van der Waals surface area contributed by atoms with Crippen molar-refractivity contribution in [3.8, 4) is 0 Å². The van der Waals surface area contributed by atoms with Crippen LogP contribution in [-0.4, -0.2) is 34.8 Å². The molecule has 178 valence electrons. The summed E-state index contributed by atoms with van der Waals surface area (Å²) in [5.74, 6) is 0. The number of carbonyl (C=O) groups excluding carboxylic acids is 1. The molecule has 1 amide bonds. The third-order valence-corrected chi connectivity index (χ3v) is 6.10. The molecule has 1 N–H and O–H groups in total. The zero-order chi connectivity index (χ0) is 24.2. The number of hydrogen-bond acceptors (Lipinski definition) is 4. The third-order valence-electron chi connectivity index (χ3n) is 6.10. The second-order valence-corrected chi connectivity index (χ2v) is 10.1. The Bertz CT molecular complexity index is 1040. The molecule has 1 fully saturated rings. The first-order valence-electron chi connectivity index (χ1n) is 11.9. The Hall–Kier alpha value is -3.31. The molecular weight excluding hydrogens is 424 g/mol. The Morgan fingerprint density at radius 2 is 1.44 bits per heavy atom. The average molecular weight is 459 g/mol. The summed E-state index contributed by atoms with van der Waals surface area (Å²) in [6.07, 6.45) is 0.112. The molecule has 0 bridgehead atoms. The average Bonchev–Trinajstić information content (AvgIpc) is 3.23. The summed E-state index contributed by atoms with van der Waals surface area (Å²) < 4.78 is 5.48. The van der Waals surface area contributed by atoms with Gasteiger partial charge in [0.2, 0.25) is 0 Å². The van der Waals surface area contributed by atoms with Crippen LogP contribution in [-0.2, 0) is 23.4 Å². The topological polar surface area (TPSA) is 53.0 Å². The molecule has 1 unspecified atom stereocenters. The van der Waals surface area contributed by atoms with Crippen LogP contribution in [0.1, 0.15) is 43.9 Å². The summed E-state index contributed by atoms with van der Waals surface area (Å²) in [6, 6.07) is 29.0. The number of ether oxygens (including phenoxy) is 1. The molecule has 3 aromatic rings. The third kappa shape index (κ3) is 5.97. The summed E-state index contributed by atoms with van der Waals surface area (Å²) in [4.78, 5) is 16.4. The van der Waals surface area contributed by atoms with E-state index in [1.807, 2.05) is 45.0 Å². The number of aliphatic hydroxyl groups is 1. The molecule has 1 aliphatic rings. The van der Waals surface area contributed by atoms with Gasteiger partial charge in [0.05, 0.1) is 6.54 Å². The van der Waals surface area contributed by atoms with Gasteiger partial charge in [0.25, 0.3) is 0 Å². The van der Waals surface area contributed by atoms with Gasteiger partial charge in [0, 0.05) is 25.3 Å². The van der Waals surface area contributed by atoms with Crippen molar-refractivity contribution in [2.45, 2.75) is 51.5 Å². The lowest BCUT2D eigenvalue weighted by Crippen LogP contribution is -2.38. The maximum atomic E-state index is 12.5. The maximum absolute atomic E-state index is 12.5. The highest BCUT2D eigenvalue weighted by atomic mass is 16.6. The Balaban J connectivity index is 1.51. The Labute approximate surface area is 202 Å². The Kier molecular flexibility index (Phi) is 6.94. The van der Waals surface area contributed by atoms with Gasteiger partial charge in [-0.1, -0.05) is 72.8 Å². The van der Waals surface area contributed by atoms with Gasteiger partial charge in [0.15, 0.2) is 0 Å². The summed E-state index contributed by atoms with van der Waals surface area (Å²) >= 11 is 0. The van der Waals surface area contributed by atoms with Crippen molar-refractivity contribution in [1.29, 1.82) is 0 Å². The van der Waals surface area contributed by atoms with Gasteiger partial charge in [-0.25, -0.2) is 4.79 Å². The van der Waals surface area contributed by atoms with E-state index in [1.54, 1.807) is 4.90 Å². The van der Waals surface area contributed by atoms with Crippen LogP contribution in [0, 0.1) is 0 Å². The minimum atomic E-state index is -1.07. The number of amides is 1. The molecule has 1 aliphatic heterocycles. The number of benzene rings is 3. The van der Waals surface area contributed by atoms with Crippen LogP contribution in [0.25, 0.3) is 0 Å². The molecule has 34 heavy (non-hydrogen) atoms. The largest absolute Gasteiger partial charge is 0.444 e. The minimum absolute atomic E-state index is 0.235. The fraction of sp³-hybridized carbons (Fsp3) is 0.345. The Morgan fingerprint density at radius 3 is 1.94 bits per heavy atom. The summed E-state index contributed by atoms with van der Waals surface area (Å²) in [6.45, 7) is 7.82. The molecule has 5 heteroatoms. The summed E-state index contributed by atoms with van der Waals surface area (Å²) in [7, 11) is 0. The molecule has 3 aromatic carbocycles. The first-order chi connectivity index (χ1) is 16.2. The number of anilines is 1. The van der Waals surface area contributed by atoms with Crippen molar-refractivity contribution in [3.05, 3.63) is 102 Å². The van der Waals surface area contributed by atoms with Gasteiger partial charge in [-0.15, -0.1) is 0 Å². The molecule has 0 spiro atoms. The molecule has 4 rings (SSSR count). The van der Waals surface area contributed by atoms with Crippen LogP contribution in [0.3, 0.4) is 0 Å². The smallest absolute Gasteiger partial charge is 0.410 e. The number of hydrogen-bond donors (Lipinski definition) is 1. The van der Waals surface area contributed by atoms with Crippen molar-refractivity contribution < 1.29 is 14.6 Å². The van der Waals surface area contributed by atoms with Gasteiger partial charge in [0.1, 0.15) is 11.2 Å². The van der Waals surface area contributed by atoms with Gasteiger partial charge < -0.3 is 19.6 Å². The molecule has 5 nitrogen and oxygen atoms in total. The van der Waals surface area contributed by atoms with Crippen LogP contribution in [0.4, 0.5) is 10.5 Å². The SMILES string of the molecule is CC(C)(C)OC(=O)N1CCC(O)(c2ccc(N(Cc3ccccc3)Cc3ccccc3)cc2)C1. The summed E-state index contributed by atoms with van der Waals surface area (Å²) in [5, 5.41) is 11.3. The fourth-order valence-corrected chi connectivity index (χ4v) is 4.34. The number of β-amino-alcohol motifs (C(OH)–C–C–N with tert-alkyl or cyclic N) is 1. The molecule has 0 saturated carbocycles. The van der Waals surface area contributed by atoms with Gasteiger partial charge in [-0.3, -0.25) is 0 Å². The van der Waals surface area contributed by atoms with E-state index in [2.05, 4.69) is 65.6 Å². The molecular formula is C29H34N2O3. The van der Waals surface area contributed by atoms with E-state index in [-0.39, 0.29) is 12.6 Å². The standard InChI is InChI=1S/C29H34N2O3/c1-28(2,3)34-27(32)30-19-18-29(33,22-30)25-14-16-26(17-15-25)31(20-23-10-6-4-7-11-23)21-24-12-8-5-9-13-24/h4-17,33H,18-22H2,1-3H3. The van der Waals surface area contributed by atoms with Crippen molar-refractivity contribution in [2.24, 2.45) is 0 Å². The predicted molar refractivity (Wildman–Crippen MR) is 136 cm³/mol. The van der Waals surface area contributed by atoms with E-state index in [0.717, 1.165) is 24.3 Å². The predicted octanol–water partition coefficient (Wildman–Crippen LogP) is 5.72. The quantitative estimate of drug-likeness (QED) is 0.513. The van der Waals surface area contributed by atoms with E-state index in [1.165, 1.54) is 11.1 Å². The van der Waals surface area contributed by atoms with E-state index < -0.39 is 11.2 Å². The number of nitrogens with zero attached hydrogens (tertiary/aromatic N) is 2. The van der Waals surface area contributed by atoms with Crippen LogP contribution < -0.4 is 4.90 Å². The normalized spacial score (nSPS) is 18.1. The summed E-state index contributed by atoms with van der Waals surface area (Å²) in [5.41, 5.74) is 2.76. The highest BCUT2D eigenvalue weighted by Gasteiger charge is 2.41. The van der Waals surface area contributed by atoms with E-state index in [0.29, 0.717) is 13.0 Å². The number of rotatable bonds is 6. The first-order valence-corrected chi connectivity index (χ1v) is 11.9. The Morgan fingerprint density at radius 1 is 0.912 bits per heavy atom. The molecule has 0 aromatic heterocycles. The van der Waals surface area contributed by atoms with Gasteiger partial charge in [-0.2, -0.15) is 0 Å². The molecule has 0 aliphatic carbocycles. The van der Waals surface area contributed by atoms with E-state index in [9.17, 15) is 9.90 Å². The van der Waals surface area contributed by atoms with Gasteiger partial charge in [-0.05, 0) is 56.0 Å². The van der Waals surface area contributed by atoms with E-state index >= 15 is 0 Å². The van der Waals surface area contributed by atoms with Crippen LogP contribution in [0.15, 0.2) is 84.9 Å². The van der Waals surface area contributed by atoms with Crippen molar-refractivity contribution in [1.82, 2.24) is 4.90 Å². The lowest BCUT2D eigenvalue weighted by atomic mass is 9.93. The minimum Gasteiger partial charge on any atom is -0.444 e. The number of carbonyl (C=O) groups is 1. The van der Waals surface area contributed by atoms with E-state index in [4.69, 9.17) is 4.74 Å². The highest BCUT2D eigenvalue weighted by molar-refractivity contribution is 5.69. The van der Waals surface area contributed by atoms with Crippen molar-refractivity contribution in [2.75, 3.05) is 18.0 Å². The second kappa shape index (κ2) is 9.90. The molecule has 1 heterocycles. The maximum Gasteiger partial charge on any atom is 0.410 e. The monoisotopic (exact) mass is 458 g/mol. The lowest BCUT2D eigenvalue weighted by molar-refractivity contribution is 0.0140. The fourth-order valence-electron chi connectivity index (χ4n) is 4.34. The molecule has 1 atom stereocenters. The molecule has 1 saturated heterocycles. The highest BCUT2D eigenvalue weighted by Crippen LogP contribution is 2.34. The van der Waals surface area contributed by atoms with Crippen LogP contribution in [0.5, 0.6) is 0 Å². The van der Waals surface area contributed by atoms with Crippen LogP contribution >= 0.6 is 0 Å². The van der Waals surface area contributed by atoms with Crippen molar-refractivity contribution in [3.63, 3.8) is 0 Å². The zero-order valence-corrected chi connectivity index (χ0v) is 20.3. The van der Waals surface area contributed by atoms with Crippen molar-refractivity contribution >= 4 is 11.8 Å². The van der Waals surface area contributed by atoms with Gasteiger partial charge >= 0.3 is 6.09 Å². The first kappa shape index (κ1) is 23.8. The molecule has 0 radical (unpaired) electrons. The lowest BCUT2D eigenvalue weighted by Gasteiger charge is -2.28. The van der Waals surface area contributed by atoms with Crippen LogP contribution in [0.2, 0.25) is 0 Å². The zero-order valence-electron chi connectivity index (χ0n) is 20.3. The second-order valence-electron chi connectivity index (χ2n) is 10.1.